The first kappa shape index (κ1) is 15.3. The standard InChI is InChI=1S/C17H25N3O2/c1-18-11-12-20(17(18)22)15-7-9-19(10-8-15)13-16(21)14-5-3-2-4-6-14/h2-6,15-16,21H,7-13H2,1H3/t16-/m0/s1. The minimum Gasteiger partial charge on any atom is -0.387 e. The van der Waals surface area contributed by atoms with E-state index in [-0.39, 0.29) is 6.03 Å². The summed E-state index contributed by atoms with van der Waals surface area (Å²) in [5, 5.41) is 10.3. The Hall–Kier alpha value is -1.59. The zero-order valence-electron chi connectivity index (χ0n) is 13.2. The number of urea groups is 1. The molecule has 5 heteroatoms. The molecular weight excluding hydrogens is 278 g/mol. The summed E-state index contributed by atoms with van der Waals surface area (Å²) < 4.78 is 0. The smallest absolute Gasteiger partial charge is 0.320 e. The third-order valence-corrected chi connectivity index (χ3v) is 4.86. The number of hydrogen-bond donors (Lipinski definition) is 1. The predicted octanol–water partition coefficient (Wildman–Crippen LogP) is 1.55. The van der Waals surface area contributed by atoms with Gasteiger partial charge in [-0.05, 0) is 18.4 Å². The summed E-state index contributed by atoms with van der Waals surface area (Å²) in [6.45, 7) is 4.26. The number of benzene rings is 1. The fourth-order valence-electron chi connectivity index (χ4n) is 3.45. The van der Waals surface area contributed by atoms with Gasteiger partial charge in [0, 0.05) is 45.8 Å². The van der Waals surface area contributed by atoms with E-state index in [0.29, 0.717) is 12.6 Å². The molecule has 2 amide bonds. The van der Waals surface area contributed by atoms with Gasteiger partial charge in [0.2, 0.25) is 0 Å². The average Bonchev–Trinajstić information content (AvgIpc) is 2.89. The number of aliphatic hydroxyl groups is 1. The van der Waals surface area contributed by atoms with Crippen LogP contribution in [0, 0.1) is 0 Å². The molecular formula is C17H25N3O2. The van der Waals surface area contributed by atoms with E-state index < -0.39 is 6.10 Å². The number of likely N-dealkylation sites (tertiary alicyclic amines) is 1. The molecule has 120 valence electrons. The Morgan fingerprint density at radius 2 is 1.82 bits per heavy atom. The summed E-state index contributed by atoms with van der Waals surface area (Å²) in [5.74, 6) is 0. The first-order valence-electron chi connectivity index (χ1n) is 8.12. The van der Waals surface area contributed by atoms with Gasteiger partial charge in [-0.3, -0.25) is 0 Å². The van der Waals surface area contributed by atoms with Crippen LogP contribution >= 0.6 is 0 Å². The summed E-state index contributed by atoms with van der Waals surface area (Å²) in [4.78, 5) is 18.2. The molecule has 2 aliphatic heterocycles. The molecule has 1 atom stereocenters. The van der Waals surface area contributed by atoms with E-state index >= 15 is 0 Å². The molecule has 3 rings (SSSR count). The first-order valence-corrected chi connectivity index (χ1v) is 8.12. The van der Waals surface area contributed by atoms with Gasteiger partial charge in [0.15, 0.2) is 0 Å². The number of nitrogens with zero attached hydrogens (tertiary/aromatic N) is 3. The average molecular weight is 303 g/mol. The Morgan fingerprint density at radius 1 is 1.14 bits per heavy atom. The van der Waals surface area contributed by atoms with E-state index in [0.717, 1.165) is 44.6 Å². The van der Waals surface area contributed by atoms with Gasteiger partial charge in [-0.25, -0.2) is 4.79 Å². The lowest BCUT2D eigenvalue weighted by Crippen LogP contribution is -2.47. The van der Waals surface area contributed by atoms with Crippen molar-refractivity contribution >= 4 is 6.03 Å². The minimum absolute atomic E-state index is 0.169. The van der Waals surface area contributed by atoms with Crippen molar-refractivity contribution in [3.8, 4) is 0 Å². The number of piperidine rings is 1. The Kier molecular flexibility index (Phi) is 4.64. The van der Waals surface area contributed by atoms with Crippen LogP contribution in [0.3, 0.4) is 0 Å². The van der Waals surface area contributed by atoms with Gasteiger partial charge in [0.1, 0.15) is 0 Å². The third kappa shape index (κ3) is 3.25. The fourth-order valence-corrected chi connectivity index (χ4v) is 3.45. The van der Waals surface area contributed by atoms with E-state index in [2.05, 4.69) is 4.90 Å². The highest BCUT2D eigenvalue weighted by Crippen LogP contribution is 2.22. The summed E-state index contributed by atoms with van der Waals surface area (Å²) in [7, 11) is 1.87. The second-order valence-electron chi connectivity index (χ2n) is 6.36. The van der Waals surface area contributed by atoms with E-state index in [1.165, 1.54) is 0 Å². The van der Waals surface area contributed by atoms with Gasteiger partial charge in [-0.15, -0.1) is 0 Å². The van der Waals surface area contributed by atoms with Crippen molar-refractivity contribution in [2.45, 2.75) is 25.0 Å². The molecule has 1 N–H and O–H groups in total. The lowest BCUT2D eigenvalue weighted by atomic mass is 10.0. The molecule has 0 unspecified atom stereocenters. The zero-order valence-corrected chi connectivity index (χ0v) is 13.2. The van der Waals surface area contributed by atoms with Crippen molar-refractivity contribution < 1.29 is 9.90 Å². The number of likely N-dealkylation sites (N-methyl/N-ethyl adjacent to an activating group) is 1. The summed E-state index contributed by atoms with van der Waals surface area (Å²) in [6, 6.07) is 10.4. The second-order valence-corrected chi connectivity index (χ2v) is 6.36. The molecule has 1 aromatic rings. The number of aliphatic hydroxyl groups excluding tert-OH is 1. The number of β-amino-alcohol motifs (C(OH)–C–C–N with tert-alkyl or cyclic N) is 1. The third-order valence-electron chi connectivity index (χ3n) is 4.86. The van der Waals surface area contributed by atoms with Crippen LogP contribution in [0.1, 0.15) is 24.5 Å². The van der Waals surface area contributed by atoms with Gasteiger partial charge >= 0.3 is 6.03 Å². The van der Waals surface area contributed by atoms with Gasteiger partial charge < -0.3 is 19.8 Å². The van der Waals surface area contributed by atoms with E-state index in [1.807, 2.05) is 42.3 Å². The molecule has 0 bridgehead atoms. The number of hydrogen-bond acceptors (Lipinski definition) is 3. The summed E-state index contributed by atoms with van der Waals surface area (Å²) >= 11 is 0. The summed E-state index contributed by atoms with van der Waals surface area (Å²) in [6.07, 6.45) is 1.57. The molecule has 0 saturated carbocycles. The largest absolute Gasteiger partial charge is 0.387 e. The maximum atomic E-state index is 12.0. The summed E-state index contributed by atoms with van der Waals surface area (Å²) in [5.41, 5.74) is 0.973. The van der Waals surface area contributed by atoms with Crippen LogP contribution in [0.25, 0.3) is 0 Å². The first-order chi connectivity index (χ1) is 10.6. The molecule has 0 spiro atoms. The monoisotopic (exact) mass is 303 g/mol. The topological polar surface area (TPSA) is 47.0 Å². The van der Waals surface area contributed by atoms with Crippen molar-refractivity contribution in [1.82, 2.24) is 14.7 Å². The molecule has 2 heterocycles. The van der Waals surface area contributed by atoms with Crippen LogP contribution < -0.4 is 0 Å². The van der Waals surface area contributed by atoms with Gasteiger partial charge in [-0.1, -0.05) is 30.3 Å². The van der Waals surface area contributed by atoms with Crippen molar-refractivity contribution in [1.29, 1.82) is 0 Å². The molecule has 22 heavy (non-hydrogen) atoms. The van der Waals surface area contributed by atoms with Crippen LogP contribution in [0.4, 0.5) is 4.79 Å². The lowest BCUT2D eigenvalue weighted by molar-refractivity contribution is 0.0787. The van der Waals surface area contributed by atoms with Gasteiger partial charge in [0.05, 0.1) is 6.10 Å². The lowest BCUT2D eigenvalue weighted by Gasteiger charge is -2.37. The molecule has 0 aliphatic carbocycles. The zero-order chi connectivity index (χ0) is 15.5. The van der Waals surface area contributed by atoms with Crippen molar-refractivity contribution in [3.63, 3.8) is 0 Å². The number of carbonyl (C=O) groups excluding carboxylic acids is 1. The fraction of sp³-hybridized carbons (Fsp3) is 0.588. The van der Waals surface area contributed by atoms with Crippen LogP contribution in [0.15, 0.2) is 30.3 Å². The predicted molar refractivity (Wildman–Crippen MR) is 85.6 cm³/mol. The molecule has 5 nitrogen and oxygen atoms in total. The molecule has 2 fully saturated rings. The number of amides is 2. The quantitative estimate of drug-likeness (QED) is 0.918. The highest BCUT2D eigenvalue weighted by molar-refractivity contribution is 5.76. The van der Waals surface area contributed by atoms with Crippen molar-refractivity contribution in [2.24, 2.45) is 0 Å². The SMILES string of the molecule is CN1CCN(C2CCN(C[C@H](O)c3ccccc3)CC2)C1=O. The highest BCUT2D eigenvalue weighted by Gasteiger charge is 2.33. The Bertz CT molecular complexity index is 500. The molecule has 2 saturated heterocycles. The van der Waals surface area contributed by atoms with Crippen LogP contribution in [0.5, 0.6) is 0 Å². The Balaban J connectivity index is 1.49. The Morgan fingerprint density at radius 3 is 2.41 bits per heavy atom. The normalized spacial score (nSPS) is 22.4. The Labute approximate surface area is 132 Å². The van der Waals surface area contributed by atoms with E-state index in [9.17, 15) is 9.90 Å². The van der Waals surface area contributed by atoms with E-state index in [1.54, 1.807) is 4.90 Å². The molecule has 0 aromatic heterocycles. The van der Waals surface area contributed by atoms with Crippen LogP contribution in [0.2, 0.25) is 0 Å². The van der Waals surface area contributed by atoms with E-state index in [4.69, 9.17) is 0 Å². The molecule has 0 radical (unpaired) electrons. The van der Waals surface area contributed by atoms with Crippen LogP contribution in [-0.2, 0) is 0 Å². The molecule has 1 aromatic carbocycles. The second kappa shape index (κ2) is 6.67. The maximum Gasteiger partial charge on any atom is 0.320 e. The van der Waals surface area contributed by atoms with Gasteiger partial charge in [-0.2, -0.15) is 0 Å². The molecule has 2 aliphatic rings. The highest BCUT2D eigenvalue weighted by atomic mass is 16.3. The van der Waals surface area contributed by atoms with Crippen LogP contribution in [-0.4, -0.2) is 71.7 Å². The number of carbonyl (C=O) groups is 1. The number of rotatable bonds is 4. The van der Waals surface area contributed by atoms with Gasteiger partial charge in [0.25, 0.3) is 0 Å². The maximum absolute atomic E-state index is 12.0. The minimum atomic E-state index is -0.433. The van der Waals surface area contributed by atoms with Crippen molar-refractivity contribution in [3.05, 3.63) is 35.9 Å². The van der Waals surface area contributed by atoms with Crippen molar-refractivity contribution in [2.75, 3.05) is 39.8 Å².